The molecule has 0 saturated carbocycles. The number of hydrogen-bond acceptors (Lipinski definition) is 6. The number of thiophene rings is 1. The largest absolute Gasteiger partial charge is 0.349 e. The molecule has 10 heteroatoms. The van der Waals surface area contributed by atoms with Crippen LogP contribution in [0.1, 0.15) is 18.7 Å². The summed E-state index contributed by atoms with van der Waals surface area (Å²) in [4.78, 5) is 12.0. The highest BCUT2D eigenvalue weighted by molar-refractivity contribution is 7.91. The SMILES string of the molecule is CN(CCCC(=O)NCc1nnc2ccccn12)S(=O)(=O)c1cccs1. The second-order valence-corrected chi connectivity index (χ2v) is 8.90. The van der Waals surface area contributed by atoms with Crippen LogP contribution >= 0.6 is 11.3 Å². The molecule has 8 nitrogen and oxygen atoms in total. The molecule has 0 aliphatic carbocycles. The predicted octanol–water partition coefficient (Wildman–Crippen LogP) is 1.51. The molecule has 138 valence electrons. The number of fused-ring (bicyclic) bond motifs is 1. The maximum absolute atomic E-state index is 12.3. The van der Waals surface area contributed by atoms with Crippen molar-refractivity contribution in [3.63, 3.8) is 0 Å². The number of pyridine rings is 1. The molecule has 1 N–H and O–H groups in total. The van der Waals surface area contributed by atoms with Crippen LogP contribution < -0.4 is 5.32 Å². The lowest BCUT2D eigenvalue weighted by Gasteiger charge is -2.15. The molecule has 3 aromatic rings. The number of nitrogens with one attached hydrogen (secondary N) is 1. The van der Waals surface area contributed by atoms with Crippen LogP contribution in [0.3, 0.4) is 0 Å². The standard InChI is InChI=1S/C16H19N5O3S2/c1-20(26(23,24)16-8-5-11-25-16)9-4-7-15(22)17-12-14-19-18-13-6-2-3-10-21(13)14/h2-3,5-6,8,10-11H,4,7,9,12H2,1H3,(H,17,22). The molecular weight excluding hydrogens is 374 g/mol. The number of sulfonamides is 1. The monoisotopic (exact) mass is 393 g/mol. The molecule has 0 aliphatic heterocycles. The van der Waals surface area contributed by atoms with Crippen molar-refractivity contribution in [3.05, 3.63) is 47.7 Å². The van der Waals surface area contributed by atoms with Crippen LogP contribution in [-0.4, -0.2) is 46.8 Å². The van der Waals surface area contributed by atoms with Gasteiger partial charge in [-0.05, 0) is 30.0 Å². The Kier molecular flexibility index (Phi) is 5.64. The fourth-order valence-electron chi connectivity index (χ4n) is 2.42. The van der Waals surface area contributed by atoms with Crippen LogP contribution in [0.4, 0.5) is 0 Å². The van der Waals surface area contributed by atoms with E-state index >= 15 is 0 Å². The molecule has 3 aromatic heterocycles. The predicted molar refractivity (Wildman–Crippen MR) is 98.2 cm³/mol. The molecule has 0 unspecified atom stereocenters. The number of nitrogens with zero attached hydrogens (tertiary/aromatic N) is 4. The Hall–Kier alpha value is -2.30. The number of aromatic nitrogens is 3. The van der Waals surface area contributed by atoms with Gasteiger partial charge in [0.2, 0.25) is 5.91 Å². The second-order valence-electron chi connectivity index (χ2n) is 5.68. The van der Waals surface area contributed by atoms with Crippen molar-refractivity contribution in [1.82, 2.24) is 24.2 Å². The molecule has 0 fully saturated rings. The van der Waals surface area contributed by atoms with Gasteiger partial charge in [0, 0.05) is 26.2 Å². The Balaban J connectivity index is 1.46. The zero-order valence-corrected chi connectivity index (χ0v) is 15.8. The van der Waals surface area contributed by atoms with Crippen molar-refractivity contribution in [2.75, 3.05) is 13.6 Å². The summed E-state index contributed by atoms with van der Waals surface area (Å²) in [7, 11) is -1.94. The summed E-state index contributed by atoms with van der Waals surface area (Å²) < 4.78 is 28.0. The molecule has 1 amide bonds. The Bertz CT molecular complexity index is 982. The van der Waals surface area contributed by atoms with Gasteiger partial charge in [0.1, 0.15) is 4.21 Å². The lowest BCUT2D eigenvalue weighted by molar-refractivity contribution is -0.121. The van der Waals surface area contributed by atoms with Crippen molar-refractivity contribution in [2.45, 2.75) is 23.6 Å². The quantitative estimate of drug-likeness (QED) is 0.626. The molecule has 3 heterocycles. The minimum atomic E-state index is -3.47. The summed E-state index contributed by atoms with van der Waals surface area (Å²) in [6.45, 7) is 0.550. The van der Waals surface area contributed by atoms with Crippen molar-refractivity contribution in [1.29, 1.82) is 0 Å². The van der Waals surface area contributed by atoms with E-state index in [1.165, 1.54) is 22.7 Å². The zero-order chi connectivity index (χ0) is 18.6. The number of carbonyl (C=O) groups is 1. The third-order valence-electron chi connectivity index (χ3n) is 3.86. The Morgan fingerprint density at radius 3 is 2.88 bits per heavy atom. The molecule has 26 heavy (non-hydrogen) atoms. The normalized spacial score (nSPS) is 11.9. The summed E-state index contributed by atoms with van der Waals surface area (Å²) in [5, 5.41) is 12.6. The first-order valence-corrected chi connectivity index (χ1v) is 10.4. The van der Waals surface area contributed by atoms with Gasteiger partial charge < -0.3 is 5.32 Å². The summed E-state index contributed by atoms with van der Waals surface area (Å²) in [5.41, 5.74) is 0.720. The van der Waals surface area contributed by atoms with E-state index in [2.05, 4.69) is 15.5 Å². The smallest absolute Gasteiger partial charge is 0.252 e. The first kappa shape index (κ1) is 18.5. The van der Waals surface area contributed by atoms with Crippen LogP contribution in [0.5, 0.6) is 0 Å². The number of carbonyl (C=O) groups excluding carboxylic acids is 1. The average Bonchev–Trinajstić information content (AvgIpc) is 3.30. The van der Waals surface area contributed by atoms with Crippen molar-refractivity contribution in [3.8, 4) is 0 Å². The highest BCUT2D eigenvalue weighted by Crippen LogP contribution is 2.19. The molecule has 0 saturated heterocycles. The van der Waals surface area contributed by atoms with E-state index in [-0.39, 0.29) is 25.4 Å². The molecule has 0 radical (unpaired) electrons. The highest BCUT2D eigenvalue weighted by Gasteiger charge is 2.21. The van der Waals surface area contributed by atoms with Crippen molar-refractivity contribution in [2.24, 2.45) is 0 Å². The lowest BCUT2D eigenvalue weighted by atomic mass is 10.3. The fourth-order valence-corrected chi connectivity index (χ4v) is 4.83. The lowest BCUT2D eigenvalue weighted by Crippen LogP contribution is -2.29. The van der Waals surface area contributed by atoms with E-state index in [1.807, 2.05) is 28.8 Å². The van der Waals surface area contributed by atoms with E-state index in [0.717, 1.165) is 5.65 Å². The van der Waals surface area contributed by atoms with E-state index < -0.39 is 10.0 Å². The van der Waals surface area contributed by atoms with Gasteiger partial charge in [-0.1, -0.05) is 12.1 Å². The van der Waals surface area contributed by atoms with E-state index in [0.29, 0.717) is 16.5 Å². The van der Waals surface area contributed by atoms with Crippen LogP contribution in [0.15, 0.2) is 46.1 Å². The van der Waals surface area contributed by atoms with Gasteiger partial charge in [0.05, 0.1) is 6.54 Å². The zero-order valence-electron chi connectivity index (χ0n) is 14.2. The summed E-state index contributed by atoms with van der Waals surface area (Å²) in [6, 6.07) is 8.85. The van der Waals surface area contributed by atoms with Gasteiger partial charge in [-0.25, -0.2) is 12.7 Å². The summed E-state index contributed by atoms with van der Waals surface area (Å²) in [6.07, 6.45) is 2.51. The number of rotatable bonds is 8. The van der Waals surface area contributed by atoms with Gasteiger partial charge in [0.25, 0.3) is 10.0 Å². The van der Waals surface area contributed by atoms with E-state index in [4.69, 9.17) is 0 Å². The van der Waals surface area contributed by atoms with Gasteiger partial charge >= 0.3 is 0 Å². The number of amides is 1. The number of hydrogen-bond donors (Lipinski definition) is 1. The maximum Gasteiger partial charge on any atom is 0.252 e. The summed E-state index contributed by atoms with van der Waals surface area (Å²) in [5.74, 6) is 0.492. The molecule has 0 aliphatic rings. The highest BCUT2D eigenvalue weighted by atomic mass is 32.2. The van der Waals surface area contributed by atoms with Crippen molar-refractivity contribution >= 4 is 32.9 Å². The van der Waals surface area contributed by atoms with Crippen LogP contribution in [0, 0.1) is 0 Å². The third-order valence-corrected chi connectivity index (χ3v) is 7.09. The van der Waals surface area contributed by atoms with Crippen LogP contribution in [-0.2, 0) is 21.4 Å². The molecule has 0 spiro atoms. The van der Waals surface area contributed by atoms with Crippen LogP contribution in [0.25, 0.3) is 5.65 Å². The molecule has 0 aromatic carbocycles. The molecule has 3 rings (SSSR count). The Labute approximate surface area is 155 Å². The van der Waals surface area contributed by atoms with Gasteiger partial charge in [-0.15, -0.1) is 21.5 Å². The maximum atomic E-state index is 12.3. The summed E-state index contributed by atoms with van der Waals surface area (Å²) >= 11 is 1.18. The molecular formula is C16H19N5O3S2. The van der Waals surface area contributed by atoms with E-state index in [9.17, 15) is 13.2 Å². The minimum Gasteiger partial charge on any atom is -0.349 e. The van der Waals surface area contributed by atoms with Gasteiger partial charge in [-0.3, -0.25) is 9.20 Å². The molecule has 0 bridgehead atoms. The topological polar surface area (TPSA) is 96.7 Å². The van der Waals surface area contributed by atoms with Gasteiger partial charge in [0.15, 0.2) is 11.5 Å². The first-order valence-electron chi connectivity index (χ1n) is 8.03. The first-order chi connectivity index (χ1) is 12.5. The van der Waals surface area contributed by atoms with Crippen molar-refractivity contribution < 1.29 is 13.2 Å². The fraction of sp³-hybridized carbons (Fsp3) is 0.312. The van der Waals surface area contributed by atoms with Crippen LogP contribution in [0.2, 0.25) is 0 Å². The Morgan fingerprint density at radius 1 is 1.27 bits per heavy atom. The minimum absolute atomic E-state index is 0.153. The average molecular weight is 393 g/mol. The second kappa shape index (κ2) is 7.94. The molecule has 0 atom stereocenters. The Morgan fingerprint density at radius 2 is 2.12 bits per heavy atom. The van der Waals surface area contributed by atoms with Gasteiger partial charge in [-0.2, -0.15) is 0 Å². The van der Waals surface area contributed by atoms with E-state index in [1.54, 1.807) is 17.5 Å². The third kappa shape index (κ3) is 4.09.